The van der Waals surface area contributed by atoms with Crippen LogP contribution in [0, 0.1) is 12.3 Å². The highest BCUT2D eigenvalue weighted by Gasteiger charge is 2.41. The lowest BCUT2D eigenvalue weighted by Crippen LogP contribution is -2.32. The largest absolute Gasteiger partial charge is 0.466 e. The Labute approximate surface area is 101 Å². The molecule has 0 bridgehead atoms. The van der Waals surface area contributed by atoms with Crippen LogP contribution >= 0.6 is 11.8 Å². The number of rotatable bonds is 6. The van der Waals surface area contributed by atoms with E-state index in [0.29, 0.717) is 0 Å². The normalized spacial score (nSPS) is 14.8. The number of carbonyl (C=O) groups is 1. The van der Waals surface area contributed by atoms with E-state index >= 15 is 0 Å². The van der Waals surface area contributed by atoms with Gasteiger partial charge in [-0.15, -0.1) is 24.1 Å². The summed E-state index contributed by atoms with van der Waals surface area (Å²) < 4.78 is 53.8. The molecule has 0 radical (unpaired) electrons. The lowest BCUT2D eigenvalue weighted by molar-refractivity contribution is -0.149. The number of methoxy groups -OCH3 is 1. The second kappa shape index (κ2) is 6.74. The number of thioether (sulfide) groups is 1. The van der Waals surface area contributed by atoms with Crippen molar-refractivity contribution >= 4 is 17.7 Å². The van der Waals surface area contributed by atoms with E-state index in [0.717, 1.165) is 7.11 Å². The fraction of sp³-hybridized carbons (Fsp3) is 0.700. The number of ether oxygens (including phenoxy) is 1. The highest BCUT2D eigenvalue weighted by Crippen LogP contribution is 2.35. The molecule has 0 N–H and O–H groups in total. The van der Waals surface area contributed by atoms with Crippen molar-refractivity contribution in [1.82, 2.24) is 0 Å². The predicted octanol–water partition coefficient (Wildman–Crippen LogP) is 2.92. The number of carbonyl (C=O) groups excluding carboxylic acids is 1. The Balaban J connectivity index is 4.40. The maximum atomic E-state index is 14.0. The zero-order valence-electron chi connectivity index (χ0n) is 9.14. The first kappa shape index (κ1) is 16.1. The molecule has 0 fully saturated rings. The van der Waals surface area contributed by atoms with Crippen molar-refractivity contribution in [1.29, 1.82) is 0 Å². The van der Waals surface area contributed by atoms with Crippen LogP contribution in [0.2, 0.25) is 0 Å². The molecule has 2 nitrogen and oxygen atoms in total. The number of hydrogen-bond donors (Lipinski definition) is 0. The molecule has 0 amide bonds. The molecular formula is C10H12F4O2S. The van der Waals surface area contributed by atoms with Crippen LogP contribution in [0.5, 0.6) is 0 Å². The summed E-state index contributed by atoms with van der Waals surface area (Å²) in [6.45, 7) is 0. The van der Waals surface area contributed by atoms with Gasteiger partial charge in [0.1, 0.15) is 0 Å². The van der Waals surface area contributed by atoms with Gasteiger partial charge in [-0.1, -0.05) is 0 Å². The fourth-order valence-corrected chi connectivity index (χ4v) is 2.05. The minimum absolute atomic E-state index is 0.0510. The minimum atomic E-state index is -4.38. The van der Waals surface area contributed by atoms with E-state index in [-0.39, 0.29) is 24.6 Å². The zero-order chi connectivity index (χ0) is 13.5. The van der Waals surface area contributed by atoms with Gasteiger partial charge in [0.15, 0.2) is 0 Å². The van der Waals surface area contributed by atoms with E-state index in [1.807, 2.05) is 0 Å². The number of esters is 1. The van der Waals surface area contributed by atoms with E-state index in [9.17, 15) is 22.4 Å². The Morgan fingerprint density at radius 3 is 2.35 bits per heavy atom. The summed E-state index contributed by atoms with van der Waals surface area (Å²) in [5.41, 5.74) is 0. The summed E-state index contributed by atoms with van der Waals surface area (Å²) in [6, 6.07) is 0. The van der Waals surface area contributed by atoms with Gasteiger partial charge in [-0.25, -0.2) is 9.18 Å². The van der Waals surface area contributed by atoms with Crippen molar-refractivity contribution in [2.24, 2.45) is 0 Å². The van der Waals surface area contributed by atoms with E-state index in [1.54, 1.807) is 0 Å². The summed E-state index contributed by atoms with van der Waals surface area (Å²) in [5, 5.41) is -2.51. The van der Waals surface area contributed by atoms with Crippen LogP contribution in [0.4, 0.5) is 17.6 Å². The molecule has 0 aromatic carbocycles. The molecule has 0 aliphatic rings. The molecule has 0 heterocycles. The average Bonchev–Trinajstić information content (AvgIpc) is 2.23. The third-order valence-corrected chi connectivity index (χ3v) is 3.03. The molecule has 0 saturated heterocycles. The molecule has 1 atom stereocenters. The van der Waals surface area contributed by atoms with Crippen LogP contribution in [0.15, 0.2) is 0 Å². The molecule has 0 aliphatic carbocycles. The Morgan fingerprint density at radius 1 is 1.35 bits per heavy atom. The van der Waals surface area contributed by atoms with Crippen LogP contribution in [-0.2, 0) is 9.53 Å². The molecule has 0 aromatic heterocycles. The summed E-state index contributed by atoms with van der Waals surface area (Å²) in [4.78, 5) is 11.1. The Hall–Kier alpha value is -0.900. The molecule has 7 heteroatoms. The molecule has 0 spiro atoms. The Bertz CT molecular complexity index is 298. The number of alkyl halides is 4. The van der Waals surface area contributed by atoms with E-state index < -0.39 is 29.3 Å². The lowest BCUT2D eigenvalue weighted by Gasteiger charge is -2.21. The number of halogens is 4. The smallest absolute Gasteiger partial charge is 0.389 e. The van der Waals surface area contributed by atoms with Gasteiger partial charge in [0.05, 0.1) is 13.5 Å². The summed E-state index contributed by atoms with van der Waals surface area (Å²) >= 11 is 0.267. The SMILES string of the molecule is C#CCCC(F)(SCCC(F)(F)F)C(=O)OC. The van der Waals surface area contributed by atoms with Gasteiger partial charge in [0, 0.05) is 18.6 Å². The van der Waals surface area contributed by atoms with Crippen LogP contribution in [0.3, 0.4) is 0 Å². The highest BCUT2D eigenvalue weighted by atomic mass is 32.2. The van der Waals surface area contributed by atoms with Gasteiger partial charge in [0.25, 0.3) is 5.00 Å². The third-order valence-electron chi connectivity index (χ3n) is 1.80. The second-order valence-corrected chi connectivity index (χ2v) is 4.48. The van der Waals surface area contributed by atoms with Gasteiger partial charge >= 0.3 is 12.1 Å². The average molecular weight is 272 g/mol. The topological polar surface area (TPSA) is 26.3 Å². The van der Waals surface area contributed by atoms with Gasteiger partial charge in [-0.2, -0.15) is 13.2 Å². The van der Waals surface area contributed by atoms with Crippen molar-refractivity contribution in [3.05, 3.63) is 0 Å². The van der Waals surface area contributed by atoms with E-state index in [2.05, 4.69) is 10.7 Å². The van der Waals surface area contributed by atoms with Gasteiger partial charge < -0.3 is 4.74 Å². The predicted molar refractivity (Wildman–Crippen MR) is 57.1 cm³/mol. The molecule has 0 aliphatic heterocycles. The minimum Gasteiger partial charge on any atom is -0.466 e. The van der Waals surface area contributed by atoms with Crippen LogP contribution < -0.4 is 0 Å². The summed E-state index contributed by atoms with van der Waals surface area (Å²) in [5.74, 6) is 0.361. The quantitative estimate of drug-likeness (QED) is 0.422. The van der Waals surface area contributed by atoms with Gasteiger partial charge in [-0.3, -0.25) is 0 Å². The number of hydrogen-bond acceptors (Lipinski definition) is 3. The Morgan fingerprint density at radius 2 is 1.94 bits per heavy atom. The first-order chi connectivity index (χ1) is 7.75. The van der Waals surface area contributed by atoms with E-state index in [4.69, 9.17) is 6.42 Å². The maximum absolute atomic E-state index is 14.0. The van der Waals surface area contributed by atoms with Crippen molar-refractivity contribution in [3.63, 3.8) is 0 Å². The van der Waals surface area contributed by atoms with Crippen LogP contribution in [0.1, 0.15) is 19.3 Å². The van der Waals surface area contributed by atoms with Crippen molar-refractivity contribution < 1.29 is 27.1 Å². The summed E-state index contributed by atoms with van der Waals surface area (Å²) in [7, 11) is 0.969. The van der Waals surface area contributed by atoms with Gasteiger partial charge in [-0.05, 0) is 0 Å². The first-order valence-corrected chi connectivity index (χ1v) is 5.65. The van der Waals surface area contributed by atoms with Crippen molar-refractivity contribution in [2.75, 3.05) is 12.9 Å². The van der Waals surface area contributed by atoms with Crippen LogP contribution in [-0.4, -0.2) is 30.0 Å². The first-order valence-electron chi connectivity index (χ1n) is 4.66. The second-order valence-electron chi connectivity index (χ2n) is 3.14. The monoisotopic (exact) mass is 272 g/mol. The molecule has 17 heavy (non-hydrogen) atoms. The lowest BCUT2D eigenvalue weighted by atomic mass is 10.2. The molecule has 0 saturated carbocycles. The van der Waals surface area contributed by atoms with Gasteiger partial charge in [0.2, 0.25) is 0 Å². The molecular weight excluding hydrogens is 260 g/mol. The standard InChI is InChI=1S/C10H12F4O2S/c1-3-4-5-9(11,8(15)16-2)17-7-6-10(12,13)14/h1H,4-7H2,2H3. The fourth-order valence-electron chi connectivity index (χ4n) is 0.947. The third kappa shape index (κ3) is 6.41. The Kier molecular flexibility index (Phi) is 6.39. The zero-order valence-corrected chi connectivity index (χ0v) is 9.96. The molecule has 0 aromatic rings. The molecule has 1 unspecified atom stereocenters. The molecule has 0 rings (SSSR count). The van der Waals surface area contributed by atoms with E-state index in [1.165, 1.54) is 0 Å². The summed E-state index contributed by atoms with van der Waals surface area (Å²) in [6.07, 6.45) is -1.05. The number of terminal acetylenes is 1. The molecule has 98 valence electrons. The van der Waals surface area contributed by atoms with Crippen molar-refractivity contribution in [2.45, 2.75) is 30.4 Å². The highest BCUT2D eigenvalue weighted by molar-refractivity contribution is 8.01. The maximum Gasteiger partial charge on any atom is 0.389 e. The van der Waals surface area contributed by atoms with Crippen molar-refractivity contribution in [3.8, 4) is 12.3 Å². The van der Waals surface area contributed by atoms with Crippen LogP contribution in [0.25, 0.3) is 0 Å².